The van der Waals surface area contributed by atoms with Gasteiger partial charge in [0.25, 0.3) is 0 Å². The van der Waals surface area contributed by atoms with E-state index in [-0.39, 0.29) is 53.7 Å². The molecule has 4 unspecified atom stereocenters. The van der Waals surface area contributed by atoms with Crippen molar-refractivity contribution in [3.8, 4) is 0 Å². The number of carbonyl (C=O) groups is 2. The van der Waals surface area contributed by atoms with Gasteiger partial charge in [-0.2, -0.15) is 0 Å². The van der Waals surface area contributed by atoms with Crippen LogP contribution in [0.5, 0.6) is 0 Å². The van der Waals surface area contributed by atoms with Crippen LogP contribution < -0.4 is 0 Å². The SMILES string of the molecule is CC(=O)OCC1C(C)=CC(/C=C(C)/C=C/C2=C(C)CCCC2(C)C)C(C)(/C=C/C=C(C)/C=C/C2=C(C)CCCC2(C)C)C1COC(C)=O. The van der Waals surface area contributed by atoms with E-state index in [4.69, 9.17) is 9.47 Å². The van der Waals surface area contributed by atoms with E-state index < -0.39 is 5.41 Å². The van der Waals surface area contributed by atoms with Crippen molar-refractivity contribution in [1.82, 2.24) is 0 Å². The first-order valence-electron chi connectivity index (χ1n) is 18.1. The Morgan fingerprint density at radius 3 is 1.77 bits per heavy atom. The van der Waals surface area contributed by atoms with Crippen LogP contribution in [0.4, 0.5) is 0 Å². The third-order valence-electron chi connectivity index (χ3n) is 11.3. The first kappa shape index (κ1) is 39.3. The number of ether oxygens (including phenoxy) is 2. The van der Waals surface area contributed by atoms with Gasteiger partial charge >= 0.3 is 11.9 Å². The van der Waals surface area contributed by atoms with E-state index in [1.807, 2.05) is 0 Å². The summed E-state index contributed by atoms with van der Waals surface area (Å²) in [5.41, 5.74) is 9.37. The topological polar surface area (TPSA) is 52.6 Å². The monoisotopic (exact) mass is 656 g/mol. The summed E-state index contributed by atoms with van der Waals surface area (Å²) in [6, 6.07) is 0. The highest BCUT2D eigenvalue weighted by Gasteiger charge is 2.46. The molecule has 0 heterocycles. The summed E-state index contributed by atoms with van der Waals surface area (Å²) >= 11 is 0. The molecule has 4 nitrogen and oxygen atoms in total. The largest absolute Gasteiger partial charge is 0.466 e. The lowest BCUT2D eigenvalue weighted by molar-refractivity contribution is -0.148. The van der Waals surface area contributed by atoms with Crippen molar-refractivity contribution in [2.24, 2.45) is 34.0 Å². The van der Waals surface area contributed by atoms with Crippen molar-refractivity contribution in [3.63, 3.8) is 0 Å². The Balaban J connectivity index is 2.05. The Morgan fingerprint density at radius 1 is 0.771 bits per heavy atom. The fraction of sp³-hybridized carbons (Fsp3) is 0.591. The van der Waals surface area contributed by atoms with Crippen molar-refractivity contribution >= 4 is 11.9 Å². The molecule has 264 valence electrons. The smallest absolute Gasteiger partial charge is 0.302 e. The number of hydrogen-bond acceptors (Lipinski definition) is 4. The summed E-state index contributed by atoms with van der Waals surface area (Å²) in [6.07, 6.45) is 27.7. The molecule has 0 bridgehead atoms. The molecule has 0 saturated heterocycles. The van der Waals surface area contributed by atoms with Gasteiger partial charge in [-0.1, -0.05) is 117 Å². The zero-order chi connectivity index (χ0) is 35.9. The van der Waals surface area contributed by atoms with Crippen LogP contribution in [0.2, 0.25) is 0 Å². The fourth-order valence-electron chi connectivity index (χ4n) is 8.26. The van der Waals surface area contributed by atoms with Crippen LogP contribution >= 0.6 is 0 Å². The number of esters is 2. The van der Waals surface area contributed by atoms with Gasteiger partial charge in [-0.15, -0.1) is 0 Å². The molecule has 0 aromatic carbocycles. The van der Waals surface area contributed by atoms with Gasteiger partial charge in [-0.05, 0) is 95.1 Å². The quantitative estimate of drug-likeness (QED) is 0.126. The zero-order valence-corrected chi connectivity index (χ0v) is 32.2. The third-order valence-corrected chi connectivity index (χ3v) is 11.3. The lowest BCUT2D eigenvalue weighted by Gasteiger charge is -2.47. The van der Waals surface area contributed by atoms with Crippen LogP contribution in [0.1, 0.15) is 122 Å². The van der Waals surface area contributed by atoms with Gasteiger partial charge in [0, 0.05) is 37.0 Å². The molecule has 4 atom stereocenters. The van der Waals surface area contributed by atoms with Crippen LogP contribution in [-0.4, -0.2) is 25.2 Å². The maximum atomic E-state index is 12.1. The normalized spacial score (nSPS) is 28.4. The van der Waals surface area contributed by atoms with E-state index in [0.717, 1.165) is 12.0 Å². The van der Waals surface area contributed by atoms with E-state index in [1.165, 1.54) is 79.4 Å². The zero-order valence-electron chi connectivity index (χ0n) is 32.2. The molecule has 3 aliphatic rings. The van der Waals surface area contributed by atoms with E-state index in [1.54, 1.807) is 0 Å². The van der Waals surface area contributed by atoms with Crippen molar-refractivity contribution in [1.29, 1.82) is 0 Å². The molecule has 0 fully saturated rings. The third kappa shape index (κ3) is 10.2. The number of hydrogen-bond donors (Lipinski definition) is 0. The highest BCUT2D eigenvalue weighted by atomic mass is 16.5. The summed E-state index contributed by atoms with van der Waals surface area (Å²) in [5, 5.41) is 0. The van der Waals surface area contributed by atoms with Crippen molar-refractivity contribution < 1.29 is 19.1 Å². The molecule has 0 saturated carbocycles. The predicted octanol–water partition coefficient (Wildman–Crippen LogP) is 11.5. The molecule has 3 aliphatic carbocycles. The molecule has 0 radical (unpaired) electrons. The van der Waals surface area contributed by atoms with E-state index in [2.05, 4.69) is 124 Å². The molecule has 0 amide bonds. The first-order valence-corrected chi connectivity index (χ1v) is 18.1. The molecule has 3 rings (SSSR count). The van der Waals surface area contributed by atoms with E-state index in [0.29, 0.717) is 0 Å². The summed E-state index contributed by atoms with van der Waals surface area (Å²) in [5.74, 6) is -0.737. The molecular formula is C44H64O4. The number of rotatable bonds is 11. The summed E-state index contributed by atoms with van der Waals surface area (Å²) in [7, 11) is 0. The maximum Gasteiger partial charge on any atom is 0.302 e. The lowest BCUT2D eigenvalue weighted by Crippen LogP contribution is -2.45. The fourth-order valence-corrected chi connectivity index (χ4v) is 8.26. The predicted molar refractivity (Wildman–Crippen MR) is 201 cm³/mol. The Kier molecular flexibility index (Phi) is 13.5. The highest BCUT2D eigenvalue weighted by Crippen LogP contribution is 2.50. The maximum absolute atomic E-state index is 12.1. The molecule has 48 heavy (non-hydrogen) atoms. The van der Waals surface area contributed by atoms with Gasteiger partial charge in [0.05, 0.1) is 13.2 Å². The molecule has 0 aromatic rings. The molecule has 4 heteroatoms. The summed E-state index contributed by atoms with van der Waals surface area (Å²) in [6.45, 7) is 26.1. The molecule has 0 spiro atoms. The second kappa shape index (κ2) is 16.5. The number of allylic oxidation sites excluding steroid dienone is 15. The second-order valence-corrected chi connectivity index (χ2v) is 16.3. The van der Waals surface area contributed by atoms with Crippen LogP contribution in [0, 0.1) is 34.0 Å². The van der Waals surface area contributed by atoms with Crippen LogP contribution in [0.25, 0.3) is 0 Å². The van der Waals surface area contributed by atoms with Crippen molar-refractivity contribution in [2.75, 3.05) is 13.2 Å². The Bertz CT molecular complexity index is 1450. The molecular weight excluding hydrogens is 592 g/mol. The van der Waals surface area contributed by atoms with Crippen molar-refractivity contribution in [3.05, 3.63) is 93.7 Å². The molecule has 0 aliphatic heterocycles. The highest BCUT2D eigenvalue weighted by molar-refractivity contribution is 5.66. The standard InChI is InChI=1S/C44H64O4/c1-30(19-21-39-32(3)17-14-23-42(39,8)9)16-13-25-44(12)37(26-31(2)20-22-40-33(4)18-15-24-43(40,10)11)27-34(5)38(28-47-35(6)45)41(44)29-48-36(7)46/h13,16,19-22,25-27,37-38,41H,14-15,17-18,23-24,28-29H2,1-12H3/b21-19+,22-20+,25-13+,30-16+,31-26+. The Labute approximate surface area is 292 Å². The van der Waals surface area contributed by atoms with Gasteiger partial charge in [0.15, 0.2) is 0 Å². The van der Waals surface area contributed by atoms with Gasteiger partial charge in [-0.3, -0.25) is 9.59 Å². The average molecular weight is 657 g/mol. The van der Waals surface area contributed by atoms with Crippen LogP contribution in [0.3, 0.4) is 0 Å². The minimum atomic E-state index is -0.418. The second-order valence-electron chi connectivity index (χ2n) is 16.3. The summed E-state index contributed by atoms with van der Waals surface area (Å²) in [4.78, 5) is 24.0. The van der Waals surface area contributed by atoms with Crippen LogP contribution in [-0.2, 0) is 19.1 Å². The van der Waals surface area contributed by atoms with Crippen molar-refractivity contribution in [2.45, 2.75) is 122 Å². The minimum absolute atomic E-state index is 0.0436. The molecule has 0 N–H and O–H groups in total. The summed E-state index contributed by atoms with van der Waals surface area (Å²) < 4.78 is 11.3. The van der Waals surface area contributed by atoms with E-state index >= 15 is 0 Å². The van der Waals surface area contributed by atoms with Gasteiger partial charge in [-0.25, -0.2) is 0 Å². The van der Waals surface area contributed by atoms with Crippen LogP contribution in [0.15, 0.2) is 93.7 Å². The Hall–Kier alpha value is -3.14. The first-order chi connectivity index (χ1) is 22.4. The van der Waals surface area contributed by atoms with Gasteiger partial charge in [0.2, 0.25) is 0 Å². The van der Waals surface area contributed by atoms with Gasteiger partial charge in [0.1, 0.15) is 0 Å². The average Bonchev–Trinajstić information content (AvgIpc) is 2.96. The van der Waals surface area contributed by atoms with E-state index in [9.17, 15) is 9.59 Å². The van der Waals surface area contributed by atoms with Gasteiger partial charge < -0.3 is 9.47 Å². The number of carbonyl (C=O) groups excluding carboxylic acids is 2. The lowest BCUT2D eigenvalue weighted by atomic mass is 9.58. The molecule has 0 aromatic heterocycles. The minimum Gasteiger partial charge on any atom is -0.466 e. The Morgan fingerprint density at radius 2 is 1.27 bits per heavy atom.